The van der Waals surface area contributed by atoms with Crippen molar-refractivity contribution in [3.63, 3.8) is 0 Å². The molecule has 5 nitrogen and oxygen atoms in total. The molecule has 0 amide bonds. The van der Waals surface area contributed by atoms with Gasteiger partial charge in [-0.05, 0) is 19.8 Å². The van der Waals surface area contributed by atoms with Gasteiger partial charge in [-0.2, -0.15) is 4.98 Å². The Morgan fingerprint density at radius 2 is 1.65 bits per heavy atom. The summed E-state index contributed by atoms with van der Waals surface area (Å²) in [5, 5.41) is 0. The van der Waals surface area contributed by atoms with Gasteiger partial charge in [-0.3, -0.25) is 0 Å². The van der Waals surface area contributed by atoms with E-state index in [4.69, 9.17) is 10.5 Å². The fraction of sp³-hybridized carbons (Fsp3) is 0.778. The molecule has 1 saturated heterocycles. The van der Waals surface area contributed by atoms with Crippen LogP contribution in [0.4, 0.5) is 11.8 Å². The van der Waals surface area contributed by atoms with Crippen molar-refractivity contribution in [2.24, 2.45) is 0 Å². The SMILES string of the molecule is CCCCCCCCCc1c(C)nc(N2CCOCC2)nc1N. The highest BCUT2D eigenvalue weighted by Gasteiger charge is 2.16. The van der Waals surface area contributed by atoms with Crippen LogP contribution < -0.4 is 10.6 Å². The molecule has 1 aromatic heterocycles. The zero-order valence-corrected chi connectivity index (χ0v) is 14.8. The third kappa shape index (κ3) is 5.65. The molecule has 0 radical (unpaired) electrons. The van der Waals surface area contributed by atoms with E-state index >= 15 is 0 Å². The molecule has 0 spiro atoms. The van der Waals surface area contributed by atoms with E-state index in [1.54, 1.807) is 0 Å². The standard InChI is InChI=1S/C18H32N4O/c1-3-4-5-6-7-8-9-10-16-15(2)20-18(21-17(16)19)22-11-13-23-14-12-22/h3-14H2,1-2H3,(H2,19,20,21). The zero-order valence-electron chi connectivity index (χ0n) is 14.8. The van der Waals surface area contributed by atoms with Crippen molar-refractivity contribution < 1.29 is 4.74 Å². The molecule has 2 rings (SSSR count). The Balaban J connectivity index is 1.82. The van der Waals surface area contributed by atoms with Crippen LogP contribution in [0.1, 0.15) is 63.1 Å². The molecule has 0 aromatic carbocycles. The van der Waals surface area contributed by atoms with Gasteiger partial charge in [0.25, 0.3) is 0 Å². The molecule has 5 heteroatoms. The summed E-state index contributed by atoms with van der Waals surface area (Å²) in [6, 6.07) is 0. The molecule has 2 heterocycles. The van der Waals surface area contributed by atoms with E-state index in [0.29, 0.717) is 5.82 Å². The van der Waals surface area contributed by atoms with Crippen molar-refractivity contribution in [3.05, 3.63) is 11.3 Å². The van der Waals surface area contributed by atoms with E-state index < -0.39 is 0 Å². The van der Waals surface area contributed by atoms with Crippen LogP contribution >= 0.6 is 0 Å². The first-order valence-corrected chi connectivity index (χ1v) is 9.18. The molecule has 1 aromatic rings. The first kappa shape index (κ1) is 18.0. The number of rotatable bonds is 9. The van der Waals surface area contributed by atoms with E-state index in [-0.39, 0.29) is 0 Å². The number of hydrogen-bond acceptors (Lipinski definition) is 5. The highest BCUT2D eigenvalue weighted by Crippen LogP contribution is 2.21. The lowest BCUT2D eigenvalue weighted by atomic mass is 10.0. The second-order valence-corrected chi connectivity index (χ2v) is 6.44. The van der Waals surface area contributed by atoms with E-state index in [9.17, 15) is 0 Å². The molecule has 1 fully saturated rings. The Hall–Kier alpha value is -1.36. The Kier molecular flexibility index (Phi) is 7.59. The summed E-state index contributed by atoms with van der Waals surface area (Å²) in [5.74, 6) is 1.41. The molecule has 0 aliphatic carbocycles. The lowest BCUT2D eigenvalue weighted by Crippen LogP contribution is -2.37. The van der Waals surface area contributed by atoms with Gasteiger partial charge >= 0.3 is 0 Å². The average molecular weight is 320 g/mol. The van der Waals surface area contributed by atoms with Gasteiger partial charge in [0.1, 0.15) is 5.82 Å². The van der Waals surface area contributed by atoms with E-state index in [0.717, 1.165) is 49.9 Å². The van der Waals surface area contributed by atoms with Crippen molar-refractivity contribution in [1.82, 2.24) is 9.97 Å². The van der Waals surface area contributed by atoms with E-state index in [1.807, 2.05) is 0 Å². The zero-order chi connectivity index (χ0) is 16.5. The predicted molar refractivity (Wildman–Crippen MR) is 95.9 cm³/mol. The van der Waals surface area contributed by atoms with Crippen molar-refractivity contribution in [3.8, 4) is 0 Å². The summed E-state index contributed by atoms with van der Waals surface area (Å²) in [4.78, 5) is 11.4. The van der Waals surface area contributed by atoms with Crippen LogP contribution in [0.3, 0.4) is 0 Å². The maximum atomic E-state index is 6.20. The van der Waals surface area contributed by atoms with Gasteiger partial charge in [-0.15, -0.1) is 0 Å². The number of aryl methyl sites for hydroxylation is 1. The molecule has 2 N–H and O–H groups in total. The Morgan fingerprint density at radius 1 is 1.00 bits per heavy atom. The van der Waals surface area contributed by atoms with Gasteiger partial charge in [-0.1, -0.05) is 45.4 Å². The third-order valence-electron chi connectivity index (χ3n) is 4.56. The average Bonchev–Trinajstić information content (AvgIpc) is 2.56. The first-order valence-electron chi connectivity index (χ1n) is 9.18. The first-order chi connectivity index (χ1) is 11.2. The lowest BCUT2D eigenvalue weighted by Gasteiger charge is -2.27. The highest BCUT2D eigenvalue weighted by atomic mass is 16.5. The molecule has 0 unspecified atom stereocenters. The maximum absolute atomic E-state index is 6.20. The molecule has 0 bridgehead atoms. The number of nitrogens with zero attached hydrogens (tertiary/aromatic N) is 3. The van der Waals surface area contributed by atoms with Crippen LogP contribution in [0.25, 0.3) is 0 Å². The van der Waals surface area contributed by atoms with Gasteiger partial charge < -0.3 is 15.4 Å². The molecule has 1 aliphatic rings. The van der Waals surface area contributed by atoms with Crippen molar-refractivity contribution in [2.75, 3.05) is 36.9 Å². The van der Waals surface area contributed by atoms with E-state index in [1.165, 1.54) is 44.9 Å². The summed E-state index contributed by atoms with van der Waals surface area (Å²) in [7, 11) is 0. The summed E-state index contributed by atoms with van der Waals surface area (Å²) < 4.78 is 5.38. The van der Waals surface area contributed by atoms with Crippen LogP contribution in [0, 0.1) is 6.92 Å². The topological polar surface area (TPSA) is 64.3 Å². The van der Waals surface area contributed by atoms with Gasteiger partial charge in [-0.25, -0.2) is 4.98 Å². The maximum Gasteiger partial charge on any atom is 0.227 e. The summed E-state index contributed by atoms with van der Waals surface area (Å²) in [5.41, 5.74) is 8.37. The minimum Gasteiger partial charge on any atom is -0.383 e. The fourth-order valence-electron chi connectivity index (χ4n) is 3.08. The summed E-state index contributed by atoms with van der Waals surface area (Å²) in [6.45, 7) is 7.47. The number of morpholine rings is 1. The molecular formula is C18H32N4O. The largest absolute Gasteiger partial charge is 0.383 e. The quantitative estimate of drug-likeness (QED) is 0.706. The minimum absolute atomic E-state index is 0.657. The third-order valence-corrected chi connectivity index (χ3v) is 4.56. The monoisotopic (exact) mass is 320 g/mol. The second kappa shape index (κ2) is 9.71. The number of aromatic nitrogens is 2. The number of nitrogens with two attached hydrogens (primary N) is 1. The van der Waals surface area contributed by atoms with Crippen molar-refractivity contribution in [2.45, 2.75) is 65.2 Å². The Labute approximate surface area is 140 Å². The summed E-state index contributed by atoms with van der Waals surface area (Å²) >= 11 is 0. The smallest absolute Gasteiger partial charge is 0.227 e. The van der Waals surface area contributed by atoms with Crippen molar-refractivity contribution >= 4 is 11.8 Å². The van der Waals surface area contributed by atoms with Gasteiger partial charge in [0.15, 0.2) is 0 Å². The molecule has 1 aliphatic heterocycles. The number of hydrogen-bond donors (Lipinski definition) is 1. The molecular weight excluding hydrogens is 288 g/mol. The minimum atomic E-state index is 0.657. The number of nitrogen functional groups attached to an aromatic ring is 1. The predicted octanol–water partition coefficient (Wildman–Crippen LogP) is 3.50. The normalized spacial score (nSPS) is 15.1. The number of ether oxygens (including phenoxy) is 1. The second-order valence-electron chi connectivity index (χ2n) is 6.44. The van der Waals surface area contributed by atoms with Gasteiger partial charge in [0.2, 0.25) is 5.95 Å². The summed E-state index contributed by atoms with van der Waals surface area (Å²) in [6.07, 6.45) is 10.2. The van der Waals surface area contributed by atoms with Crippen LogP contribution in [-0.2, 0) is 11.2 Å². The number of anilines is 2. The lowest BCUT2D eigenvalue weighted by molar-refractivity contribution is 0.122. The van der Waals surface area contributed by atoms with Gasteiger partial charge in [0, 0.05) is 24.3 Å². The van der Waals surface area contributed by atoms with Gasteiger partial charge in [0.05, 0.1) is 13.2 Å². The highest BCUT2D eigenvalue weighted by molar-refractivity contribution is 5.48. The van der Waals surface area contributed by atoms with Crippen LogP contribution in [-0.4, -0.2) is 36.3 Å². The molecule has 0 saturated carbocycles. The Morgan fingerprint density at radius 3 is 2.30 bits per heavy atom. The number of unbranched alkanes of at least 4 members (excludes halogenated alkanes) is 6. The molecule has 130 valence electrons. The Bertz CT molecular complexity index is 449. The fourth-order valence-corrected chi connectivity index (χ4v) is 3.08. The van der Waals surface area contributed by atoms with Crippen LogP contribution in [0.15, 0.2) is 0 Å². The van der Waals surface area contributed by atoms with E-state index in [2.05, 4.69) is 28.7 Å². The molecule has 23 heavy (non-hydrogen) atoms. The van der Waals surface area contributed by atoms with Crippen molar-refractivity contribution in [1.29, 1.82) is 0 Å². The van der Waals surface area contributed by atoms with Crippen LogP contribution in [0.5, 0.6) is 0 Å². The van der Waals surface area contributed by atoms with Crippen LogP contribution in [0.2, 0.25) is 0 Å². The molecule has 0 atom stereocenters.